The first kappa shape index (κ1) is 10.2. The van der Waals surface area contributed by atoms with Gasteiger partial charge in [-0.1, -0.05) is 18.2 Å². The molecule has 1 aromatic heterocycles. The number of aromatic nitrogens is 2. The van der Waals surface area contributed by atoms with Crippen LogP contribution in [0.2, 0.25) is 0 Å². The van der Waals surface area contributed by atoms with Gasteiger partial charge in [-0.2, -0.15) is 5.10 Å². The minimum Gasteiger partial charge on any atom is -0.325 e. The van der Waals surface area contributed by atoms with Crippen molar-refractivity contribution >= 4 is 10.9 Å². The first-order chi connectivity index (χ1) is 6.97. The van der Waals surface area contributed by atoms with Crippen LogP contribution >= 0.6 is 0 Å². The molecule has 3 nitrogen and oxygen atoms in total. The first-order valence-corrected chi connectivity index (χ1v) is 5.17. The third-order valence-electron chi connectivity index (χ3n) is 2.46. The summed E-state index contributed by atoms with van der Waals surface area (Å²) in [6, 6.07) is 8.25. The maximum Gasteiger partial charge on any atom is 0.0721 e. The summed E-state index contributed by atoms with van der Waals surface area (Å²) in [6.45, 7) is 4.05. The number of hydrogen-bond donors (Lipinski definition) is 1. The van der Waals surface area contributed by atoms with Crippen molar-refractivity contribution in [3.8, 4) is 0 Å². The lowest BCUT2D eigenvalue weighted by molar-refractivity contribution is 0.508. The highest BCUT2D eigenvalue weighted by Crippen LogP contribution is 2.20. The van der Waals surface area contributed by atoms with Gasteiger partial charge in [0.05, 0.1) is 11.2 Å². The summed E-state index contributed by atoms with van der Waals surface area (Å²) in [5.41, 5.74) is 8.05. The van der Waals surface area contributed by atoms with E-state index in [1.807, 2.05) is 37.7 Å². The quantitative estimate of drug-likeness (QED) is 0.809. The Morgan fingerprint density at radius 1 is 1.33 bits per heavy atom. The van der Waals surface area contributed by atoms with E-state index in [-0.39, 0.29) is 5.54 Å². The lowest BCUT2D eigenvalue weighted by Gasteiger charge is -2.16. The molecule has 0 aliphatic carbocycles. The largest absolute Gasteiger partial charge is 0.325 e. The highest BCUT2D eigenvalue weighted by atomic mass is 15.3. The zero-order valence-corrected chi connectivity index (χ0v) is 9.49. The van der Waals surface area contributed by atoms with Crippen molar-refractivity contribution in [2.45, 2.75) is 25.8 Å². The van der Waals surface area contributed by atoms with Crippen LogP contribution in [-0.4, -0.2) is 15.3 Å². The van der Waals surface area contributed by atoms with E-state index in [1.54, 1.807) is 0 Å². The second-order valence-electron chi connectivity index (χ2n) is 4.75. The molecule has 80 valence electrons. The zero-order chi connectivity index (χ0) is 11.1. The third kappa shape index (κ3) is 2.02. The van der Waals surface area contributed by atoms with Crippen LogP contribution in [0, 0.1) is 0 Å². The van der Waals surface area contributed by atoms with Crippen molar-refractivity contribution < 1.29 is 0 Å². The maximum atomic E-state index is 6.02. The molecule has 15 heavy (non-hydrogen) atoms. The molecule has 0 radical (unpaired) electrons. The van der Waals surface area contributed by atoms with Crippen LogP contribution in [-0.2, 0) is 13.5 Å². The van der Waals surface area contributed by atoms with Gasteiger partial charge in [0.1, 0.15) is 0 Å². The molecule has 0 amide bonds. The molecule has 0 saturated heterocycles. The molecule has 0 saturated carbocycles. The maximum absolute atomic E-state index is 6.02. The van der Waals surface area contributed by atoms with E-state index in [4.69, 9.17) is 5.73 Å². The minimum atomic E-state index is -0.211. The SMILES string of the molecule is Cn1nc(CC(C)(C)N)c2ccccc21. The molecule has 0 fully saturated rings. The summed E-state index contributed by atoms with van der Waals surface area (Å²) in [5.74, 6) is 0. The molecule has 0 aliphatic heterocycles. The van der Waals surface area contributed by atoms with Crippen molar-refractivity contribution in [2.75, 3.05) is 0 Å². The van der Waals surface area contributed by atoms with Crippen LogP contribution in [0.3, 0.4) is 0 Å². The smallest absolute Gasteiger partial charge is 0.0721 e. The third-order valence-corrected chi connectivity index (χ3v) is 2.46. The van der Waals surface area contributed by atoms with Gasteiger partial charge in [-0.3, -0.25) is 4.68 Å². The van der Waals surface area contributed by atoms with Gasteiger partial charge in [-0.25, -0.2) is 0 Å². The minimum absolute atomic E-state index is 0.211. The zero-order valence-electron chi connectivity index (χ0n) is 9.49. The van der Waals surface area contributed by atoms with Gasteiger partial charge >= 0.3 is 0 Å². The summed E-state index contributed by atoms with van der Waals surface area (Å²) >= 11 is 0. The Labute approximate surface area is 89.9 Å². The van der Waals surface area contributed by atoms with Crippen molar-refractivity contribution in [1.29, 1.82) is 0 Å². The molecule has 2 rings (SSSR count). The van der Waals surface area contributed by atoms with Gasteiger partial charge in [0.15, 0.2) is 0 Å². The standard InChI is InChI=1S/C12H17N3/c1-12(2,13)8-10-9-6-4-5-7-11(9)15(3)14-10/h4-7H,8,13H2,1-3H3. The lowest BCUT2D eigenvalue weighted by atomic mass is 9.98. The monoisotopic (exact) mass is 203 g/mol. The number of aryl methyl sites for hydroxylation is 1. The molecule has 0 atom stereocenters. The number of nitrogens with zero attached hydrogens (tertiary/aromatic N) is 2. The molecule has 2 aromatic rings. The van der Waals surface area contributed by atoms with Crippen molar-refractivity contribution in [3.63, 3.8) is 0 Å². The highest BCUT2D eigenvalue weighted by Gasteiger charge is 2.16. The Morgan fingerprint density at radius 2 is 2.00 bits per heavy atom. The van der Waals surface area contributed by atoms with E-state index in [9.17, 15) is 0 Å². The summed E-state index contributed by atoms with van der Waals surface area (Å²) in [6.07, 6.45) is 0.800. The van der Waals surface area contributed by atoms with Gasteiger partial charge < -0.3 is 5.73 Å². The number of nitrogens with two attached hydrogens (primary N) is 1. The van der Waals surface area contributed by atoms with Crippen LogP contribution in [0.25, 0.3) is 10.9 Å². The molecule has 3 heteroatoms. The fraction of sp³-hybridized carbons (Fsp3) is 0.417. The predicted octanol–water partition coefficient (Wildman–Crippen LogP) is 1.85. The predicted molar refractivity (Wildman–Crippen MR) is 62.7 cm³/mol. The van der Waals surface area contributed by atoms with E-state index in [0.29, 0.717) is 0 Å². The Kier molecular flexibility index (Phi) is 2.27. The molecule has 0 unspecified atom stereocenters. The van der Waals surface area contributed by atoms with Crippen LogP contribution in [0.15, 0.2) is 24.3 Å². The second kappa shape index (κ2) is 3.35. The molecule has 1 aromatic carbocycles. The Hall–Kier alpha value is -1.35. The number of hydrogen-bond acceptors (Lipinski definition) is 2. The van der Waals surface area contributed by atoms with E-state index < -0.39 is 0 Å². The highest BCUT2D eigenvalue weighted by molar-refractivity contribution is 5.81. The molecule has 0 aliphatic rings. The normalized spacial score (nSPS) is 12.3. The average Bonchev–Trinajstić information content (AvgIpc) is 2.42. The van der Waals surface area contributed by atoms with E-state index in [1.165, 1.54) is 5.39 Å². The Balaban J connectivity index is 2.53. The molecule has 0 spiro atoms. The van der Waals surface area contributed by atoms with Gasteiger partial charge in [0.2, 0.25) is 0 Å². The number of benzene rings is 1. The average molecular weight is 203 g/mol. The Bertz CT molecular complexity index is 477. The van der Waals surface area contributed by atoms with E-state index >= 15 is 0 Å². The van der Waals surface area contributed by atoms with Crippen LogP contribution in [0.1, 0.15) is 19.5 Å². The van der Waals surface area contributed by atoms with E-state index in [2.05, 4.69) is 17.2 Å². The topological polar surface area (TPSA) is 43.8 Å². The van der Waals surface area contributed by atoms with Crippen LogP contribution in [0.5, 0.6) is 0 Å². The molecule has 1 heterocycles. The number of rotatable bonds is 2. The van der Waals surface area contributed by atoms with E-state index in [0.717, 1.165) is 17.6 Å². The van der Waals surface area contributed by atoms with Gasteiger partial charge in [-0.05, 0) is 19.9 Å². The fourth-order valence-corrected chi connectivity index (χ4v) is 1.85. The first-order valence-electron chi connectivity index (χ1n) is 5.17. The van der Waals surface area contributed by atoms with Crippen LogP contribution in [0.4, 0.5) is 0 Å². The number of fused-ring (bicyclic) bond motifs is 1. The van der Waals surface area contributed by atoms with Gasteiger partial charge in [0, 0.05) is 24.4 Å². The Morgan fingerprint density at radius 3 is 2.67 bits per heavy atom. The summed E-state index contributed by atoms with van der Waals surface area (Å²) in [5, 5.41) is 5.72. The van der Waals surface area contributed by atoms with Crippen molar-refractivity contribution in [1.82, 2.24) is 9.78 Å². The van der Waals surface area contributed by atoms with Gasteiger partial charge in [0.25, 0.3) is 0 Å². The molecular weight excluding hydrogens is 186 g/mol. The van der Waals surface area contributed by atoms with Crippen molar-refractivity contribution in [2.24, 2.45) is 12.8 Å². The second-order valence-corrected chi connectivity index (χ2v) is 4.75. The lowest BCUT2D eigenvalue weighted by Crippen LogP contribution is -2.34. The molecule has 0 bridgehead atoms. The number of para-hydroxylation sites is 1. The summed E-state index contributed by atoms with van der Waals surface area (Å²) in [4.78, 5) is 0. The molecular formula is C12H17N3. The van der Waals surface area contributed by atoms with Crippen LogP contribution < -0.4 is 5.73 Å². The summed E-state index contributed by atoms with van der Waals surface area (Å²) in [7, 11) is 1.97. The van der Waals surface area contributed by atoms with Gasteiger partial charge in [-0.15, -0.1) is 0 Å². The van der Waals surface area contributed by atoms with Crippen molar-refractivity contribution in [3.05, 3.63) is 30.0 Å². The fourth-order valence-electron chi connectivity index (χ4n) is 1.85. The molecule has 2 N–H and O–H groups in total. The summed E-state index contributed by atoms with van der Waals surface area (Å²) < 4.78 is 1.91.